The van der Waals surface area contributed by atoms with Crippen molar-refractivity contribution in [2.75, 3.05) is 56.3 Å². The summed E-state index contributed by atoms with van der Waals surface area (Å²) in [6.07, 6.45) is 3.53. The summed E-state index contributed by atoms with van der Waals surface area (Å²) >= 11 is 0. The van der Waals surface area contributed by atoms with Crippen LogP contribution in [0.5, 0.6) is 5.75 Å². The van der Waals surface area contributed by atoms with E-state index in [9.17, 15) is 4.79 Å². The predicted molar refractivity (Wildman–Crippen MR) is 101 cm³/mol. The van der Waals surface area contributed by atoms with Crippen LogP contribution in [0, 0.1) is 0 Å². The van der Waals surface area contributed by atoms with Gasteiger partial charge in [0.1, 0.15) is 11.4 Å². The quantitative estimate of drug-likeness (QED) is 0.895. The van der Waals surface area contributed by atoms with Crippen molar-refractivity contribution in [3.05, 3.63) is 22.6 Å². The molecule has 0 radical (unpaired) electrons. The molecule has 0 spiro atoms. The van der Waals surface area contributed by atoms with Gasteiger partial charge in [-0.3, -0.25) is 4.57 Å². The molecule has 136 valence electrons. The van der Waals surface area contributed by atoms with Crippen LogP contribution in [0.1, 0.15) is 19.3 Å². The number of methoxy groups -OCH3 is 1. The number of aryl methyl sites for hydroxylation is 1. The van der Waals surface area contributed by atoms with Gasteiger partial charge in [0, 0.05) is 46.3 Å². The summed E-state index contributed by atoms with van der Waals surface area (Å²) in [6.45, 7) is 5.60. The summed E-state index contributed by atoms with van der Waals surface area (Å²) in [7, 11) is 3.57. The van der Waals surface area contributed by atoms with Crippen LogP contribution in [-0.4, -0.2) is 55.6 Å². The molecule has 4 rings (SSSR count). The fourth-order valence-corrected chi connectivity index (χ4v) is 4.10. The van der Waals surface area contributed by atoms with Gasteiger partial charge in [0.2, 0.25) is 0 Å². The second-order valence-corrected chi connectivity index (χ2v) is 6.89. The monoisotopic (exact) mass is 345 g/mol. The number of piperidine rings is 1. The maximum absolute atomic E-state index is 13.0. The lowest BCUT2D eigenvalue weighted by atomic mass is 10.1. The van der Waals surface area contributed by atoms with Gasteiger partial charge in [-0.05, 0) is 31.4 Å². The topological polar surface area (TPSA) is 54.7 Å². The van der Waals surface area contributed by atoms with E-state index in [0.717, 1.165) is 74.6 Å². The third-order valence-electron chi connectivity index (χ3n) is 5.39. The van der Waals surface area contributed by atoms with Gasteiger partial charge < -0.3 is 20.0 Å². The number of hydrogen-bond acceptors (Lipinski definition) is 5. The Balaban J connectivity index is 1.92. The molecule has 0 saturated carbocycles. The summed E-state index contributed by atoms with van der Waals surface area (Å²) in [4.78, 5) is 15.4. The van der Waals surface area contributed by atoms with Gasteiger partial charge >= 0.3 is 5.69 Å². The zero-order chi connectivity index (χ0) is 17.4. The minimum absolute atomic E-state index is 0.0292. The number of nitrogens with zero attached hydrogens (tertiary/aromatic N) is 4. The van der Waals surface area contributed by atoms with Crippen molar-refractivity contribution in [3.8, 4) is 5.75 Å². The smallest absolute Gasteiger partial charge is 0.347 e. The Hall–Kier alpha value is -2.15. The van der Waals surface area contributed by atoms with Crippen LogP contribution in [0.3, 0.4) is 0 Å². The van der Waals surface area contributed by atoms with Crippen LogP contribution >= 0.6 is 0 Å². The Morgan fingerprint density at radius 2 is 1.76 bits per heavy atom. The summed E-state index contributed by atoms with van der Waals surface area (Å²) in [5, 5.41) is 5.59. The molecule has 25 heavy (non-hydrogen) atoms. The minimum atomic E-state index is 0.0292. The Morgan fingerprint density at radius 3 is 2.44 bits per heavy atom. The predicted octanol–water partition coefficient (Wildman–Crippen LogP) is 0.880. The third-order valence-corrected chi connectivity index (χ3v) is 5.39. The van der Waals surface area contributed by atoms with E-state index in [2.05, 4.69) is 15.2 Å². The molecule has 0 unspecified atom stereocenters. The van der Waals surface area contributed by atoms with Crippen molar-refractivity contribution in [1.29, 1.82) is 0 Å². The van der Waals surface area contributed by atoms with E-state index in [1.54, 1.807) is 11.7 Å². The van der Waals surface area contributed by atoms with Crippen LogP contribution in [0.4, 0.5) is 5.69 Å². The van der Waals surface area contributed by atoms with Gasteiger partial charge in [-0.25, -0.2) is 9.47 Å². The number of hydrogen-bond donors (Lipinski definition) is 1. The van der Waals surface area contributed by atoms with Crippen LogP contribution < -0.4 is 25.7 Å². The van der Waals surface area contributed by atoms with E-state index >= 15 is 0 Å². The first kappa shape index (κ1) is 16.3. The van der Waals surface area contributed by atoms with Gasteiger partial charge in [-0.2, -0.15) is 0 Å². The molecule has 0 aliphatic carbocycles. The molecule has 2 fully saturated rings. The van der Waals surface area contributed by atoms with E-state index in [4.69, 9.17) is 4.74 Å². The number of imidazole rings is 1. The lowest BCUT2D eigenvalue weighted by molar-refractivity contribution is 0.413. The van der Waals surface area contributed by atoms with Gasteiger partial charge in [-0.1, -0.05) is 0 Å². The Kier molecular flexibility index (Phi) is 4.33. The molecule has 2 aromatic rings. The molecular weight excluding hydrogens is 318 g/mol. The maximum Gasteiger partial charge on any atom is 0.347 e. The first-order valence-electron chi connectivity index (χ1n) is 9.21. The van der Waals surface area contributed by atoms with Crippen LogP contribution in [0.15, 0.2) is 16.9 Å². The van der Waals surface area contributed by atoms with Gasteiger partial charge in [0.05, 0.1) is 18.1 Å². The summed E-state index contributed by atoms with van der Waals surface area (Å²) < 4.78 is 9.31. The molecule has 2 aliphatic heterocycles. The number of aromatic nitrogens is 2. The third kappa shape index (κ3) is 2.66. The van der Waals surface area contributed by atoms with Gasteiger partial charge in [0.15, 0.2) is 0 Å². The fraction of sp³-hybridized carbons (Fsp3) is 0.611. The molecule has 1 aromatic carbocycles. The SMILES string of the molecule is COc1ccc2c(c1N1CCNCC1)n(C)c(=O)n2N1CCCCC1. The first-order valence-corrected chi connectivity index (χ1v) is 9.21. The summed E-state index contributed by atoms with van der Waals surface area (Å²) in [5.41, 5.74) is 3.01. The number of benzene rings is 1. The molecule has 2 saturated heterocycles. The summed E-state index contributed by atoms with van der Waals surface area (Å²) in [6, 6.07) is 4.02. The number of anilines is 1. The standard InChI is InChI=1S/C18H27N5O2/c1-20-16-14(23(18(20)24)22-10-4-3-5-11-22)6-7-15(25-2)17(16)21-12-8-19-9-13-21/h6-7,19H,3-5,8-13H2,1-2H3. The zero-order valence-corrected chi connectivity index (χ0v) is 15.1. The molecular formula is C18H27N5O2. The van der Waals surface area contributed by atoms with Crippen molar-refractivity contribution in [1.82, 2.24) is 14.6 Å². The number of nitrogens with one attached hydrogen (secondary N) is 1. The molecule has 7 nitrogen and oxygen atoms in total. The number of ether oxygens (including phenoxy) is 1. The Labute approximate surface area is 147 Å². The highest BCUT2D eigenvalue weighted by atomic mass is 16.5. The normalized spacial score (nSPS) is 18.8. The van der Waals surface area contributed by atoms with E-state index in [0.29, 0.717) is 0 Å². The highest BCUT2D eigenvalue weighted by Gasteiger charge is 2.25. The second kappa shape index (κ2) is 6.63. The van der Waals surface area contributed by atoms with E-state index in [1.165, 1.54) is 6.42 Å². The first-order chi connectivity index (χ1) is 12.2. The van der Waals surface area contributed by atoms with Crippen molar-refractivity contribution in [2.45, 2.75) is 19.3 Å². The van der Waals surface area contributed by atoms with E-state index in [1.807, 2.05) is 23.9 Å². The number of rotatable bonds is 3. The van der Waals surface area contributed by atoms with Gasteiger partial charge in [-0.15, -0.1) is 0 Å². The molecule has 1 aromatic heterocycles. The highest BCUT2D eigenvalue weighted by Crippen LogP contribution is 2.36. The van der Waals surface area contributed by atoms with Crippen molar-refractivity contribution >= 4 is 16.7 Å². The molecule has 0 amide bonds. The molecule has 0 bridgehead atoms. The summed E-state index contributed by atoms with van der Waals surface area (Å²) in [5.74, 6) is 0.834. The van der Waals surface area contributed by atoms with E-state index < -0.39 is 0 Å². The number of fused-ring (bicyclic) bond motifs is 1. The fourth-order valence-electron chi connectivity index (χ4n) is 4.10. The van der Waals surface area contributed by atoms with Crippen LogP contribution in [0.25, 0.3) is 11.0 Å². The largest absolute Gasteiger partial charge is 0.494 e. The maximum atomic E-state index is 13.0. The van der Waals surface area contributed by atoms with Crippen molar-refractivity contribution in [3.63, 3.8) is 0 Å². The lowest BCUT2D eigenvalue weighted by Gasteiger charge is -2.31. The Morgan fingerprint density at radius 1 is 1.04 bits per heavy atom. The van der Waals surface area contributed by atoms with Crippen molar-refractivity contribution < 1.29 is 4.74 Å². The molecule has 7 heteroatoms. The molecule has 3 heterocycles. The van der Waals surface area contributed by atoms with Crippen LogP contribution in [0.2, 0.25) is 0 Å². The Bertz CT molecular complexity index is 813. The molecule has 2 aliphatic rings. The van der Waals surface area contributed by atoms with Gasteiger partial charge in [0.25, 0.3) is 0 Å². The average molecular weight is 345 g/mol. The molecule has 0 atom stereocenters. The number of piperazine rings is 1. The molecule has 1 N–H and O–H groups in total. The minimum Gasteiger partial charge on any atom is -0.494 e. The zero-order valence-electron chi connectivity index (χ0n) is 15.1. The van der Waals surface area contributed by atoms with Crippen molar-refractivity contribution in [2.24, 2.45) is 7.05 Å². The highest BCUT2D eigenvalue weighted by molar-refractivity contribution is 5.93. The lowest BCUT2D eigenvalue weighted by Crippen LogP contribution is -2.45. The average Bonchev–Trinajstić information content (AvgIpc) is 2.93. The second-order valence-electron chi connectivity index (χ2n) is 6.89. The van der Waals surface area contributed by atoms with E-state index in [-0.39, 0.29) is 5.69 Å². The van der Waals surface area contributed by atoms with Crippen LogP contribution in [-0.2, 0) is 7.05 Å².